The van der Waals surface area contributed by atoms with Gasteiger partial charge >= 0.3 is 6.01 Å². The van der Waals surface area contributed by atoms with Gasteiger partial charge in [0.2, 0.25) is 0 Å². The van der Waals surface area contributed by atoms with E-state index in [4.69, 9.17) is 4.74 Å². The van der Waals surface area contributed by atoms with E-state index in [0.29, 0.717) is 22.3 Å². The lowest BCUT2D eigenvalue weighted by atomic mass is 10.1. The van der Waals surface area contributed by atoms with Crippen molar-refractivity contribution < 1.29 is 9.84 Å². The maximum atomic E-state index is 9.95. The summed E-state index contributed by atoms with van der Waals surface area (Å²) in [5.74, 6) is 0.134. The van der Waals surface area contributed by atoms with Gasteiger partial charge in [-0.2, -0.15) is 0 Å². The summed E-state index contributed by atoms with van der Waals surface area (Å²) in [5, 5.41) is 18.2. The molecule has 3 rings (SSSR count). The molecule has 0 amide bonds. The number of hydrogen-bond acceptors (Lipinski definition) is 6. The van der Waals surface area contributed by atoms with Crippen LogP contribution in [-0.2, 0) is 6.61 Å². The van der Waals surface area contributed by atoms with Crippen LogP contribution in [0.3, 0.4) is 0 Å². The van der Waals surface area contributed by atoms with Crippen molar-refractivity contribution in [3.63, 3.8) is 0 Å². The first-order valence-corrected chi connectivity index (χ1v) is 9.01. The fraction of sp³-hybridized carbons (Fsp3) is 0.150. The molecular formula is C20H19BrN4O2. The second-order valence-corrected chi connectivity index (χ2v) is 6.93. The third kappa shape index (κ3) is 4.43. The van der Waals surface area contributed by atoms with Gasteiger partial charge in [0.05, 0.1) is 10.7 Å². The van der Waals surface area contributed by atoms with Gasteiger partial charge in [0, 0.05) is 30.9 Å². The highest BCUT2D eigenvalue weighted by atomic mass is 79.9. The summed E-state index contributed by atoms with van der Waals surface area (Å²) in [5.41, 5.74) is 4.05. The van der Waals surface area contributed by atoms with Crippen LogP contribution in [0.5, 0.6) is 11.8 Å². The number of hydrogen-bond donors (Lipinski definition) is 1. The minimum atomic E-state index is 0.134. The van der Waals surface area contributed by atoms with E-state index in [1.165, 1.54) is 0 Å². The molecule has 27 heavy (non-hydrogen) atoms. The van der Waals surface area contributed by atoms with E-state index in [1.807, 2.05) is 43.3 Å². The van der Waals surface area contributed by atoms with E-state index >= 15 is 0 Å². The maximum Gasteiger partial charge on any atom is 0.336 e. The van der Waals surface area contributed by atoms with Gasteiger partial charge in [-0.1, -0.05) is 29.9 Å². The summed E-state index contributed by atoms with van der Waals surface area (Å²) in [4.78, 5) is 6.26. The molecular weight excluding hydrogens is 408 g/mol. The van der Waals surface area contributed by atoms with Crippen molar-refractivity contribution in [1.82, 2.24) is 15.2 Å². The van der Waals surface area contributed by atoms with Crippen LogP contribution in [0, 0.1) is 0 Å². The number of rotatable bonds is 6. The lowest BCUT2D eigenvalue weighted by molar-refractivity contribution is 0.277. The molecule has 2 aromatic carbocycles. The number of benzene rings is 2. The molecule has 0 aliphatic heterocycles. The molecule has 6 nitrogen and oxygen atoms in total. The number of anilines is 1. The van der Waals surface area contributed by atoms with Gasteiger partial charge in [-0.3, -0.25) is 0 Å². The Morgan fingerprint density at radius 1 is 1.22 bits per heavy atom. The number of aromatic nitrogens is 3. The Labute approximate surface area is 166 Å². The third-order valence-electron chi connectivity index (χ3n) is 3.94. The first kappa shape index (κ1) is 18.8. The van der Waals surface area contributed by atoms with Crippen molar-refractivity contribution in [3.8, 4) is 23.0 Å². The Balaban J connectivity index is 1.73. The minimum Gasteiger partial charge on any atom is -0.506 e. The SMILES string of the molecule is C=Cc1cc(-c2cnc(OCc3cccc(N(C)C)c3)nn2)cc(Br)c1O. The molecule has 1 N–H and O–H groups in total. The molecule has 3 aromatic rings. The van der Waals surface area contributed by atoms with E-state index in [-0.39, 0.29) is 11.8 Å². The highest BCUT2D eigenvalue weighted by Gasteiger charge is 2.10. The predicted octanol–water partition coefficient (Wildman–Crippen LogP) is 4.29. The van der Waals surface area contributed by atoms with E-state index in [2.05, 4.69) is 37.7 Å². The van der Waals surface area contributed by atoms with Crippen LogP contribution in [0.2, 0.25) is 0 Å². The average Bonchev–Trinajstić information content (AvgIpc) is 2.69. The average molecular weight is 427 g/mol. The van der Waals surface area contributed by atoms with Gasteiger partial charge in [0.15, 0.2) is 0 Å². The van der Waals surface area contributed by atoms with Crippen LogP contribution in [0.1, 0.15) is 11.1 Å². The largest absolute Gasteiger partial charge is 0.506 e. The van der Waals surface area contributed by atoms with Crippen molar-refractivity contribution in [2.75, 3.05) is 19.0 Å². The molecule has 0 spiro atoms. The van der Waals surface area contributed by atoms with Gasteiger partial charge in [-0.05, 0) is 45.8 Å². The van der Waals surface area contributed by atoms with E-state index < -0.39 is 0 Å². The monoisotopic (exact) mass is 426 g/mol. The van der Waals surface area contributed by atoms with E-state index in [9.17, 15) is 5.11 Å². The van der Waals surface area contributed by atoms with E-state index in [0.717, 1.165) is 16.8 Å². The van der Waals surface area contributed by atoms with Crippen LogP contribution < -0.4 is 9.64 Å². The zero-order chi connectivity index (χ0) is 19.4. The Bertz CT molecular complexity index is 959. The van der Waals surface area contributed by atoms with Crippen LogP contribution in [0.4, 0.5) is 5.69 Å². The minimum absolute atomic E-state index is 0.134. The van der Waals surface area contributed by atoms with Crippen molar-refractivity contribution in [2.45, 2.75) is 6.61 Å². The van der Waals surface area contributed by atoms with Gasteiger partial charge in [-0.25, -0.2) is 4.98 Å². The normalized spacial score (nSPS) is 10.5. The van der Waals surface area contributed by atoms with Gasteiger partial charge in [0.25, 0.3) is 0 Å². The van der Waals surface area contributed by atoms with Gasteiger partial charge in [-0.15, -0.1) is 5.10 Å². The molecule has 1 aromatic heterocycles. The first-order chi connectivity index (χ1) is 13.0. The lowest BCUT2D eigenvalue weighted by Gasteiger charge is -2.13. The van der Waals surface area contributed by atoms with Crippen LogP contribution in [0.25, 0.3) is 17.3 Å². The van der Waals surface area contributed by atoms with Gasteiger partial charge in [0.1, 0.15) is 18.1 Å². The topological polar surface area (TPSA) is 71.4 Å². The van der Waals surface area contributed by atoms with Crippen LogP contribution in [0.15, 0.2) is 53.6 Å². The fourth-order valence-corrected chi connectivity index (χ4v) is 2.93. The molecule has 0 fully saturated rings. The molecule has 138 valence electrons. The molecule has 7 heteroatoms. The molecule has 0 unspecified atom stereocenters. The summed E-state index contributed by atoms with van der Waals surface area (Å²) >= 11 is 3.32. The molecule has 0 aliphatic carbocycles. The van der Waals surface area contributed by atoms with Crippen molar-refractivity contribution in [2.24, 2.45) is 0 Å². The molecule has 0 atom stereocenters. The Hall–Kier alpha value is -2.93. The summed E-state index contributed by atoms with van der Waals surface area (Å²) in [6, 6.07) is 11.8. The second-order valence-electron chi connectivity index (χ2n) is 6.08. The summed E-state index contributed by atoms with van der Waals surface area (Å²) in [6.07, 6.45) is 3.16. The number of phenols is 1. The van der Waals surface area contributed by atoms with Crippen LogP contribution >= 0.6 is 15.9 Å². The molecule has 0 bridgehead atoms. The maximum absolute atomic E-state index is 9.95. The zero-order valence-electron chi connectivity index (χ0n) is 15.1. The summed E-state index contributed by atoms with van der Waals surface area (Å²) < 4.78 is 6.19. The number of halogens is 1. The highest BCUT2D eigenvalue weighted by Crippen LogP contribution is 2.33. The smallest absolute Gasteiger partial charge is 0.336 e. The standard InChI is InChI=1S/C20H19BrN4O2/c1-4-14-9-15(10-17(21)19(14)26)18-11-22-20(24-23-18)27-12-13-6-5-7-16(8-13)25(2)3/h4-11,26H,1,12H2,2-3H3. The second kappa shape index (κ2) is 8.18. The van der Waals surface area contributed by atoms with Gasteiger partial charge < -0.3 is 14.7 Å². The molecule has 0 saturated carbocycles. The highest BCUT2D eigenvalue weighted by molar-refractivity contribution is 9.10. The quantitative estimate of drug-likeness (QED) is 0.633. The first-order valence-electron chi connectivity index (χ1n) is 8.22. The van der Waals surface area contributed by atoms with Crippen LogP contribution in [-0.4, -0.2) is 34.4 Å². The summed E-state index contributed by atoms with van der Waals surface area (Å²) in [6.45, 7) is 4.05. The van der Waals surface area contributed by atoms with E-state index in [1.54, 1.807) is 24.4 Å². The third-order valence-corrected chi connectivity index (χ3v) is 4.55. The molecule has 0 radical (unpaired) electrons. The Kier molecular flexibility index (Phi) is 5.71. The Morgan fingerprint density at radius 2 is 2.04 bits per heavy atom. The molecule has 0 aliphatic rings. The number of nitrogens with zero attached hydrogens (tertiary/aromatic N) is 4. The fourth-order valence-electron chi connectivity index (χ4n) is 2.46. The summed E-state index contributed by atoms with van der Waals surface area (Å²) in [7, 11) is 3.98. The molecule has 1 heterocycles. The number of aromatic hydroxyl groups is 1. The number of phenolic OH excluding ortho intramolecular Hbond substituents is 1. The molecule has 0 saturated heterocycles. The Morgan fingerprint density at radius 3 is 2.70 bits per heavy atom. The predicted molar refractivity (Wildman–Crippen MR) is 110 cm³/mol. The zero-order valence-corrected chi connectivity index (χ0v) is 16.6. The van der Waals surface area contributed by atoms with Crippen molar-refractivity contribution >= 4 is 27.7 Å². The number of ether oxygens (including phenoxy) is 1. The van der Waals surface area contributed by atoms with Crippen molar-refractivity contribution in [1.29, 1.82) is 0 Å². The van der Waals surface area contributed by atoms with Crippen molar-refractivity contribution in [3.05, 3.63) is 64.8 Å². The lowest BCUT2D eigenvalue weighted by Crippen LogP contribution is -2.09.